The molecule has 0 spiro atoms. The number of benzene rings is 1. The highest BCUT2D eigenvalue weighted by atomic mass is 28.3. The van der Waals surface area contributed by atoms with E-state index in [4.69, 9.17) is 0 Å². The van der Waals surface area contributed by atoms with E-state index in [1.54, 1.807) is 0 Å². The van der Waals surface area contributed by atoms with Crippen LogP contribution in [0, 0.1) is 5.41 Å². The molecule has 94 valence electrons. The van der Waals surface area contributed by atoms with E-state index in [2.05, 4.69) is 58.6 Å². The average Bonchev–Trinajstić information content (AvgIpc) is 2.12. The number of aliphatic hydroxyl groups is 1. The van der Waals surface area contributed by atoms with Crippen LogP contribution in [0.1, 0.15) is 37.4 Å². The minimum Gasteiger partial charge on any atom is -0.384 e. The summed E-state index contributed by atoms with van der Waals surface area (Å²) in [5.41, 5.74) is 2.13. The van der Waals surface area contributed by atoms with Crippen molar-refractivity contribution in [1.82, 2.24) is 0 Å². The van der Waals surface area contributed by atoms with Crippen LogP contribution >= 0.6 is 0 Å². The molecule has 1 aromatic carbocycles. The van der Waals surface area contributed by atoms with Crippen molar-refractivity contribution in [2.24, 2.45) is 5.41 Å². The third kappa shape index (κ3) is 1.61. The van der Waals surface area contributed by atoms with Crippen molar-refractivity contribution in [2.45, 2.75) is 51.6 Å². The van der Waals surface area contributed by atoms with Crippen LogP contribution in [0.4, 0.5) is 0 Å². The zero-order valence-corrected chi connectivity index (χ0v) is 12.8. The van der Waals surface area contributed by atoms with Gasteiger partial charge in [-0.05, 0) is 16.5 Å². The fourth-order valence-electron chi connectivity index (χ4n) is 3.33. The Balaban J connectivity index is 2.61. The Bertz CT molecular complexity index is 439. The summed E-state index contributed by atoms with van der Waals surface area (Å²) >= 11 is 0. The van der Waals surface area contributed by atoms with Gasteiger partial charge in [-0.25, -0.2) is 0 Å². The van der Waals surface area contributed by atoms with Gasteiger partial charge in [-0.15, -0.1) is 0 Å². The lowest BCUT2D eigenvalue weighted by Crippen LogP contribution is -2.60. The van der Waals surface area contributed by atoms with Gasteiger partial charge in [0.1, 0.15) is 0 Å². The van der Waals surface area contributed by atoms with Crippen molar-refractivity contribution < 1.29 is 5.11 Å². The first-order chi connectivity index (χ1) is 7.60. The molecule has 0 radical (unpaired) electrons. The van der Waals surface area contributed by atoms with Crippen molar-refractivity contribution in [2.75, 3.05) is 0 Å². The smallest absolute Gasteiger partial charge is 0.0991 e. The standard InChI is InChI=1S/C15H24OSi/c1-14(2,3)15(16)12-10-8-7-9-11(12)13(15)17(4,5)6/h7-10,13,16H,1-6H3/t13-,15-/m0/s1. The monoisotopic (exact) mass is 248 g/mol. The molecule has 0 aliphatic heterocycles. The predicted octanol–water partition coefficient (Wildman–Crippen LogP) is 3.89. The molecule has 0 bridgehead atoms. The lowest BCUT2D eigenvalue weighted by Gasteiger charge is -2.59. The number of hydrogen-bond donors (Lipinski definition) is 1. The normalized spacial score (nSPS) is 28.5. The first-order valence-electron chi connectivity index (χ1n) is 6.42. The summed E-state index contributed by atoms with van der Waals surface area (Å²) in [5.74, 6) is 0. The van der Waals surface area contributed by atoms with Gasteiger partial charge < -0.3 is 5.11 Å². The second-order valence-corrected chi connectivity index (χ2v) is 12.7. The third-order valence-electron chi connectivity index (χ3n) is 4.11. The zero-order chi connectivity index (χ0) is 13.1. The molecule has 17 heavy (non-hydrogen) atoms. The first kappa shape index (κ1) is 12.8. The lowest BCUT2D eigenvalue weighted by molar-refractivity contribution is -0.0922. The Labute approximate surface area is 106 Å². The Hall–Kier alpha value is -0.603. The minimum atomic E-state index is -1.42. The average molecular weight is 248 g/mol. The van der Waals surface area contributed by atoms with E-state index in [0.29, 0.717) is 5.54 Å². The maximum absolute atomic E-state index is 11.2. The summed E-state index contributed by atoms with van der Waals surface area (Å²) in [6.07, 6.45) is 0. The quantitative estimate of drug-likeness (QED) is 0.747. The third-order valence-corrected chi connectivity index (χ3v) is 6.57. The van der Waals surface area contributed by atoms with Crippen molar-refractivity contribution in [3.05, 3.63) is 35.4 Å². The van der Waals surface area contributed by atoms with E-state index in [1.807, 2.05) is 6.07 Å². The SMILES string of the molecule is CC(C)(C)[C@]1(O)c2ccccc2[C@@H]1[Si](C)(C)C. The molecule has 1 aliphatic rings. The van der Waals surface area contributed by atoms with Crippen LogP contribution in [-0.2, 0) is 5.60 Å². The molecular formula is C15H24OSi. The van der Waals surface area contributed by atoms with E-state index >= 15 is 0 Å². The molecule has 0 aromatic heterocycles. The molecule has 0 heterocycles. The minimum absolute atomic E-state index is 0.105. The highest BCUT2D eigenvalue weighted by Gasteiger charge is 2.60. The van der Waals surface area contributed by atoms with Gasteiger partial charge in [0.05, 0.1) is 13.7 Å². The topological polar surface area (TPSA) is 20.2 Å². The maximum Gasteiger partial charge on any atom is 0.0991 e. The van der Waals surface area contributed by atoms with Crippen LogP contribution in [0.5, 0.6) is 0 Å². The highest BCUT2D eigenvalue weighted by molar-refractivity contribution is 6.78. The van der Waals surface area contributed by atoms with E-state index in [-0.39, 0.29) is 5.41 Å². The molecular weight excluding hydrogens is 224 g/mol. The Morgan fingerprint density at radius 3 is 2.12 bits per heavy atom. The van der Waals surface area contributed by atoms with Crippen LogP contribution in [0.15, 0.2) is 24.3 Å². The molecule has 1 aromatic rings. The summed E-state index contributed by atoms with van der Waals surface area (Å²) in [4.78, 5) is 0. The van der Waals surface area contributed by atoms with Crippen molar-refractivity contribution in [3.8, 4) is 0 Å². The molecule has 2 heteroatoms. The Morgan fingerprint density at radius 1 is 1.12 bits per heavy atom. The summed E-state index contributed by atoms with van der Waals surface area (Å²) < 4.78 is 0. The largest absolute Gasteiger partial charge is 0.384 e. The van der Waals surface area contributed by atoms with Crippen molar-refractivity contribution in [3.63, 3.8) is 0 Å². The molecule has 1 N–H and O–H groups in total. The van der Waals surface area contributed by atoms with Crippen molar-refractivity contribution >= 4 is 8.07 Å². The van der Waals surface area contributed by atoms with E-state index in [1.165, 1.54) is 5.56 Å². The van der Waals surface area contributed by atoms with Gasteiger partial charge in [-0.3, -0.25) is 0 Å². The van der Waals surface area contributed by atoms with E-state index in [9.17, 15) is 5.11 Å². The molecule has 0 saturated heterocycles. The maximum atomic E-state index is 11.2. The van der Waals surface area contributed by atoms with Gasteiger partial charge in [0, 0.05) is 5.54 Å². The van der Waals surface area contributed by atoms with E-state index in [0.717, 1.165) is 5.56 Å². The van der Waals surface area contributed by atoms with Gasteiger partial charge in [-0.1, -0.05) is 64.7 Å². The molecule has 0 saturated carbocycles. The molecule has 2 atom stereocenters. The van der Waals surface area contributed by atoms with Gasteiger partial charge in [0.25, 0.3) is 0 Å². The first-order valence-corrected chi connectivity index (χ1v) is 9.99. The Morgan fingerprint density at radius 2 is 1.65 bits per heavy atom. The predicted molar refractivity (Wildman–Crippen MR) is 75.9 cm³/mol. The van der Waals surface area contributed by atoms with Crippen LogP contribution in [-0.4, -0.2) is 13.2 Å². The van der Waals surface area contributed by atoms with E-state index < -0.39 is 13.7 Å². The second-order valence-electron chi connectivity index (χ2n) is 7.40. The van der Waals surface area contributed by atoms with Crippen LogP contribution in [0.3, 0.4) is 0 Å². The summed E-state index contributed by atoms with van der Waals surface area (Å²) in [6.45, 7) is 13.5. The van der Waals surface area contributed by atoms with Crippen LogP contribution < -0.4 is 0 Å². The molecule has 0 unspecified atom stereocenters. The summed E-state index contributed by atoms with van der Waals surface area (Å²) in [6, 6.07) is 8.42. The Kier molecular flexibility index (Phi) is 2.61. The van der Waals surface area contributed by atoms with Crippen LogP contribution in [0.25, 0.3) is 0 Å². The van der Waals surface area contributed by atoms with Gasteiger partial charge in [-0.2, -0.15) is 0 Å². The number of hydrogen-bond acceptors (Lipinski definition) is 1. The van der Waals surface area contributed by atoms with Gasteiger partial charge in [0.2, 0.25) is 0 Å². The molecule has 1 aliphatic carbocycles. The zero-order valence-electron chi connectivity index (χ0n) is 11.8. The highest BCUT2D eigenvalue weighted by Crippen LogP contribution is 2.61. The van der Waals surface area contributed by atoms with Gasteiger partial charge >= 0.3 is 0 Å². The fourth-order valence-corrected chi connectivity index (χ4v) is 6.36. The van der Waals surface area contributed by atoms with Crippen LogP contribution in [0.2, 0.25) is 19.6 Å². The number of rotatable bonds is 1. The molecule has 0 fully saturated rings. The summed E-state index contributed by atoms with van der Waals surface area (Å²) in [7, 11) is -1.42. The fraction of sp³-hybridized carbons (Fsp3) is 0.600. The molecule has 2 rings (SSSR count). The molecule has 1 nitrogen and oxygen atoms in total. The number of fused-ring (bicyclic) bond motifs is 1. The molecule has 0 amide bonds. The van der Waals surface area contributed by atoms with Gasteiger partial charge in [0.15, 0.2) is 0 Å². The van der Waals surface area contributed by atoms with Crippen molar-refractivity contribution in [1.29, 1.82) is 0 Å². The second kappa shape index (κ2) is 3.45. The lowest BCUT2D eigenvalue weighted by atomic mass is 9.60. The summed E-state index contributed by atoms with van der Waals surface area (Å²) in [5, 5.41) is 11.2.